The first-order chi connectivity index (χ1) is 10.9. The highest BCUT2D eigenvalue weighted by Crippen LogP contribution is 2.10. The number of sulfonamides is 1. The molecule has 23 heavy (non-hydrogen) atoms. The zero-order chi connectivity index (χ0) is 16.9. The normalized spacial score (nSPS) is 22.1. The van der Waals surface area contributed by atoms with Gasteiger partial charge in [-0.3, -0.25) is 9.80 Å². The van der Waals surface area contributed by atoms with E-state index in [0.29, 0.717) is 30.6 Å². The van der Waals surface area contributed by atoms with E-state index in [1.165, 1.54) is 0 Å². The number of rotatable bonds is 7. The fourth-order valence-corrected chi connectivity index (χ4v) is 3.95. The van der Waals surface area contributed by atoms with Gasteiger partial charge in [0.1, 0.15) is 0 Å². The average Bonchev–Trinajstić information content (AvgIpc) is 2.50. The second-order valence-electron chi connectivity index (χ2n) is 6.20. The standard InChI is InChI=1S/C16H27N3O3S/c1-14-12-18(10-11-19(14)13-15(2)20)9-8-17-23(21,22)16-6-4-3-5-7-16/h3-7,14-15,17,20H,8-13H2,1-2H3/t14-,15+/m1/s1. The van der Waals surface area contributed by atoms with Crippen LogP contribution < -0.4 is 4.72 Å². The van der Waals surface area contributed by atoms with Crippen LogP contribution >= 0.6 is 0 Å². The number of β-amino-alcohol motifs (C(OH)–C–C–N with tert-alkyl or cyclic N) is 1. The molecule has 2 rings (SSSR count). The largest absolute Gasteiger partial charge is 0.392 e. The molecule has 0 spiro atoms. The van der Waals surface area contributed by atoms with Gasteiger partial charge < -0.3 is 5.11 Å². The van der Waals surface area contributed by atoms with Gasteiger partial charge in [0.15, 0.2) is 0 Å². The summed E-state index contributed by atoms with van der Waals surface area (Å²) < 4.78 is 26.9. The highest BCUT2D eigenvalue weighted by molar-refractivity contribution is 7.89. The fraction of sp³-hybridized carbons (Fsp3) is 0.625. The van der Waals surface area contributed by atoms with Crippen molar-refractivity contribution in [3.63, 3.8) is 0 Å². The monoisotopic (exact) mass is 341 g/mol. The number of nitrogens with one attached hydrogen (secondary N) is 1. The van der Waals surface area contributed by atoms with E-state index < -0.39 is 10.0 Å². The molecule has 1 aliphatic heterocycles. The number of hydrogen-bond donors (Lipinski definition) is 2. The molecular weight excluding hydrogens is 314 g/mol. The Morgan fingerprint density at radius 2 is 2.00 bits per heavy atom. The van der Waals surface area contributed by atoms with Gasteiger partial charge in [-0.15, -0.1) is 0 Å². The maximum absolute atomic E-state index is 12.1. The maximum Gasteiger partial charge on any atom is 0.240 e. The van der Waals surface area contributed by atoms with Gasteiger partial charge in [-0.2, -0.15) is 0 Å². The molecule has 130 valence electrons. The molecule has 1 aromatic rings. The van der Waals surface area contributed by atoms with Gasteiger partial charge in [0.05, 0.1) is 11.0 Å². The Morgan fingerprint density at radius 3 is 2.61 bits per heavy atom. The van der Waals surface area contributed by atoms with Gasteiger partial charge in [0, 0.05) is 45.3 Å². The molecule has 2 atom stereocenters. The zero-order valence-corrected chi connectivity index (χ0v) is 14.7. The Hall–Kier alpha value is -0.990. The van der Waals surface area contributed by atoms with E-state index in [0.717, 1.165) is 19.6 Å². The van der Waals surface area contributed by atoms with Crippen LogP contribution in [-0.4, -0.2) is 74.7 Å². The van der Waals surface area contributed by atoms with Crippen molar-refractivity contribution in [2.45, 2.75) is 30.9 Å². The van der Waals surface area contributed by atoms with Gasteiger partial charge in [0.2, 0.25) is 10.0 Å². The summed E-state index contributed by atoms with van der Waals surface area (Å²) in [4.78, 5) is 4.83. The Morgan fingerprint density at radius 1 is 1.30 bits per heavy atom. The summed E-state index contributed by atoms with van der Waals surface area (Å²) >= 11 is 0. The number of hydrogen-bond acceptors (Lipinski definition) is 5. The molecule has 0 unspecified atom stereocenters. The summed E-state index contributed by atoms with van der Waals surface area (Å²) in [7, 11) is -3.42. The van der Waals surface area contributed by atoms with Crippen LogP contribution in [0.25, 0.3) is 0 Å². The summed E-state index contributed by atoms with van der Waals surface area (Å²) in [6, 6.07) is 8.80. The molecule has 6 nitrogen and oxygen atoms in total. The molecule has 7 heteroatoms. The van der Waals surface area contributed by atoms with Crippen LogP contribution in [-0.2, 0) is 10.0 Å². The molecule has 1 heterocycles. The summed E-state index contributed by atoms with van der Waals surface area (Å²) in [5.41, 5.74) is 0. The molecule has 1 saturated heterocycles. The van der Waals surface area contributed by atoms with Crippen molar-refractivity contribution in [3.8, 4) is 0 Å². The van der Waals surface area contributed by atoms with E-state index in [2.05, 4.69) is 21.4 Å². The van der Waals surface area contributed by atoms with Crippen molar-refractivity contribution >= 4 is 10.0 Å². The molecule has 0 amide bonds. The number of aliphatic hydroxyl groups excluding tert-OH is 1. The quantitative estimate of drug-likeness (QED) is 0.749. The first-order valence-corrected chi connectivity index (χ1v) is 9.56. The third-order valence-electron chi connectivity index (χ3n) is 4.12. The molecule has 1 aliphatic rings. The van der Waals surface area contributed by atoms with Gasteiger partial charge in [-0.05, 0) is 26.0 Å². The van der Waals surface area contributed by atoms with Crippen LogP contribution in [0, 0.1) is 0 Å². The van der Waals surface area contributed by atoms with E-state index in [1.54, 1.807) is 37.3 Å². The Bertz CT molecular complexity index is 577. The van der Waals surface area contributed by atoms with E-state index in [1.807, 2.05) is 0 Å². The first-order valence-electron chi connectivity index (χ1n) is 8.07. The highest BCUT2D eigenvalue weighted by atomic mass is 32.2. The lowest BCUT2D eigenvalue weighted by Crippen LogP contribution is -2.54. The molecule has 0 saturated carbocycles. The zero-order valence-electron chi connectivity index (χ0n) is 13.9. The fourth-order valence-electron chi connectivity index (χ4n) is 2.91. The smallest absolute Gasteiger partial charge is 0.240 e. The van der Waals surface area contributed by atoms with Crippen molar-refractivity contribution in [1.29, 1.82) is 0 Å². The second kappa shape index (κ2) is 8.21. The van der Waals surface area contributed by atoms with Crippen LogP contribution in [0.2, 0.25) is 0 Å². The Kier molecular flexibility index (Phi) is 6.55. The minimum Gasteiger partial charge on any atom is -0.392 e. The molecular formula is C16H27N3O3S. The number of nitrogens with zero attached hydrogens (tertiary/aromatic N) is 2. The lowest BCUT2D eigenvalue weighted by atomic mass is 10.1. The van der Waals surface area contributed by atoms with Gasteiger partial charge in [-0.1, -0.05) is 18.2 Å². The third kappa shape index (κ3) is 5.54. The third-order valence-corrected chi connectivity index (χ3v) is 5.60. The molecule has 0 bridgehead atoms. The predicted octanol–water partition coefficient (Wildman–Crippen LogP) is 0.352. The van der Waals surface area contributed by atoms with Crippen LogP contribution in [0.15, 0.2) is 35.2 Å². The lowest BCUT2D eigenvalue weighted by Gasteiger charge is -2.40. The predicted molar refractivity (Wildman–Crippen MR) is 90.8 cm³/mol. The van der Waals surface area contributed by atoms with Crippen molar-refractivity contribution in [2.75, 3.05) is 39.3 Å². The summed E-state index contributed by atoms with van der Waals surface area (Å²) in [6.07, 6.45) is -0.318. The van der Waals surface area contributed by atoms with Gasteiger partial charge in [-0.25, -0.2) is 13.1 Å². The SMILES string of the molecule is C[C@H](O)CN1CCN(CCNS(=O)(=O)c2ccccc2)C[C@H]1C. The Balaban J connectivity index is 1.77. The highest BCUT2D eigenvalue weighted by Gasteiger charge is 2.24. The molecule has 0 aromatic heterocycles. The number of piperazine rings is 1. The van der Waals surface area contributed by atoms with Crippen LogP contribution in [0.4, 0.5) is 0 Å². The molecule has 0 aliphatic carbocycles. The van der Waals surface area contributed by atoms with Crippen molar-refractivity contribution in [3.05, 3.63) is 30.3 Å². The van der Waals surface area contributed by atoms with E-state index in [9.17, 15) is 13.5 Å². The minimum atomic E-state index is -3.42. The number of aliphatic hydroxyl groups is 1. The molecule has 1 aromatic carbocycles. The average molecular weight is 341 g/mol. The second-order valence-corrected chi connectivity index (χ2v) is 7.97. The molecule has 0 radical (unpaired) electrons. The van der Waals surface area contributed by atoms with E-state index in [-0.39, 0.29) is 6.10 Å². The topological polar surface area (TPSA) is 72.9 Å². The molecule has 2 N–H and O–H groups in total. The van der Waals surface area contributed by atoms with E-state index in [4.69, 9.17) is 0 Å². The number of benzene rings is 1. The van der Waals surface area contributed by atoms with Crippen LogP contribution in [0.3, 0.4) is 0 Å². The minimum absolute atomic E-state index is 0.301. The van der Waals surface area contributed by atoms with Gasteiger partial charge >= 0.3 is 0 Å². The lowest BCUT2D eigenvalue weighted by molar-refractivity contribution is 0.0460. The summed E-state index contributed by atoms with van der Waals surface area (Å²) in [5.74, 6) is 0. The summed E-state index contributed by atoms with van der Waals surface area (Å²) in [5, 5.41) is 9.50. The van der Waals surface area contributed by atoms with Crippen LogP contribution in [0.1, 0.15) is 13.8 Å². The Labute approximate surface area is 139 Å². The first kappa shape index (κ1) is 18.4. The maximum atomic E-state index is 12.1. The van der Waals surface area contributed by atoms with Gasteiger partial charge in [0.25, 0.3) is 0 Å². The van der Waals surface area contributed by atoms with Crippen molar-refractivity contribution < 1.29 is 13.5 Å². The van der Waals surface area contributed by atoms with Crippen LogP contribution in [0.5, 0.6) is 0 Å². The molecule has 1 fully saturated rings. The van der Waals surface area contributed by atoms with Crippen molar-refractivity contribution in [1.82, 2.24) is 14.5 Å². The van der Waals surface area contributed by atoms with Crippen molar-refractivity contribution in [2.24, 2.45) is 0 Å². The summed E-state index contributed by atoms with van der Waals surface area (Å²) in [6.45, 7) is 8.41. The van der Waals surface area contributed by atoms with E-state index >= 15 is 0 Å².